The van der Waals surface area contributed by atoms with Gasteiger partial charge in [0.2, 0.25) is 5.56 Å². The van der Waals surface area contributed by atoms with E-state index in [1.807, 2.05) is 10.6 Å². The summed E-state index contributed by atoms with van der Waals surface area (Å²) in [5, 5.41) is 0. The first-order valence-corrected chi connectivity index (χ1v) is 6.32. The maximum absolute atomic E-state index is 11.6. The van der Waals surface area contributed by atoms with Crippen LogP contribution in [0.1, 0.15) is 6.42 Å². The molecule has 3 aromatic rings. The van der Waals surface area contributed by atoms with Crippen LogP contribution >= 0.6 is 0 Å². The van der Waals surface area contributed by atoms with Crippen molar-refractivity contribution >= 4 is 17.0 Å². The Labute approximate surface area is 114 Å². The summed E-state index contributed by atoms with van der Waals surface area (Å²) in [6.45, 7) is 1.37. The standard InChI is InChI=1S/C13H14N6O/c14-12-11-13(16-8-15-12)19(9-17-11)7-3-6-18-5-2-1-4-10(18)20/h1-2,4-5,8-9H,3,6-7H2,(H2,14,15,16). The summed E-state index contributed by atoms with van der Waals surface area (Å²) in [7, 11) is 0. The fraction of sp³-hybridized carbons (Fsp3) is 0.231. The molecule has 2 N–H and O–H groups in total. The van der Waals surface area contributed by atoms with E-state index < -0.39 is 0 Å². The Kier molecular flexibility index (Phi) is 3.16. The number of hydrogen-bond acceptors (Lipinski definition) is 5. The van der Waals surface area contributed by atoms with Gasteiger partial charge in [-0.05, 0) is 12.5 Å². The Hall–Kier alpha value is -2.70. The number of aryl methyl sites for hydroxylation is 2. The van der Waals surface area contributed by atoms with E-state index in [0.29, 0.717) is 24.4 Å². The lowest BCUT2D eigenvalue weighted by Gasteiger charge is -2.06. The number of imidazole rings is 1. The zero-order chi connectivity index (χ0) is 13.9. The highest BCUT2D eigenvalue weighted by molar-refractivity contribution is 5.80. The summed E-state index contributed by atoms with van der Waals surface area (Å²) in [4.78, 5) is 23.9. The van der Waals surface area contributed by atoms with Gasteiger partial charge in [0.15, 0.2) is 11.5 Å². The molecule has 7 nitrogen and oxygen atoms in total. The zero-order valence-corrected chi connectivity index (χ0v) is 10.8. The number of nitrogen functional groups attached to an aromatic ring is 1. The van der Waals surface area contributed by atoms with Gasteiger partial charge in [0.05, 0.1) is 6.33 Å². The molecule has 0 fully saturated rings. The van der Waals surface area contributed by atoms with Gasteiger partial charge >= 0.3 is 0 Å². The number of hydrogen-bond donors (Lipinski definition) is 1. The number of nitrogens with zero attached hydrogens (tertiary/aromatic N) is 5. The third-order valence-electron chi connectivity index (χ3n) is 3.13. The van der Waals surface area contributed by atoms with Gasteiger partial charge in [-0.25, -0.2) is 15.0 Å². The largest absolute Gasteiger partial charge is 0.382 e. The first-order valence-electron chi connectivity index (χ1n) is 6.32. The molecular weight excluding hydrogens is 256 g/mol. The lowest BCUT2D eigenvalue weighted by atomic mass is 10.4. The summed E-state index contributed by atoms with van der Waals surface area (Å²) < 4.78 is 3.60. The molecule has 102 valence electrons. The first kappa shape index (κ1) is 12.3. The van der Waals surface area contributed by atoms with Crippen molar-refractivity contribution in [1.29, 1.82) is 0 Å². The Morgan fingerprint density at radius 3 is 2.80 bits per heavy atom. The Balaban J connectivity index is 1.73. The molecule has 0 bridgehead atoms. The van der Waals surface area contributed by atoms with E-state index in [4.69, 9.17) is 5.73 Å². The predicted molar refractivity (Wildman–Crippen MR) is 75.1 cm³/mol. The molecule has 0 aliphatic heterocycles. The van der Waals surface area contributed by atoms with Gasteiger partial charge in [0.25, 0.3) is 0 Å². The number of anilines is 1. The first-order chi connectivity index (χ1) is 9.75. The predicted octanol–water partition coefficient (Wildman–Crippen LogP) is 0.660. The van der Waals surface area contributed by atoms with Crippen molar-refractivity contribution in [2.75, 3.05) is 5.73 Å². The van der Waals surface area contributed by atoms with Crippen molar-refractivity contribution in [1.82, 2.24) is 24.1 Å². The lowest BCUT2D eigenvalue weighted by molar-refractivity contribution is 0.558. The van der Waals surface area contributed by atoms with Crippen LogP contribution in [0.25, 0.3) is 11.2 Å². The maximum Gasteiger partial charge on any atom is 0.250 e. The average molecular weight is 270 g/mol. The average Bonchev–Trinajstić information content (AvgIpc) is 2.86. The minimum atomic E-state index is 0.00885. The number of nitrogens with two attached hydrogens (primary N) is 1. The molecule has 3 rings (SSSR count). The molecule has 20 heavy (non-hydrogen) atoms. The van der Waals surface area contributed by atoms with Crippen LogP contribution in [-0.4, -0.2) is 24.1 Å². The van der Waals surface area contributed by atoms with Crippen molar-refractivity contribution < 1.29 is 0 Å². The third-order valence-corrected chi connectivity index (χ3v) is 3.13. The maximum atomic E-state index is 11.6. The molecule has 0 aromatic carbocycles. The minimum Gasteiger partial charge on any atom is -0.382 e. The van der Waals surface area contributed by atoms with Gasteiger partial charge in [0.1, 0.15) is 11.8 Å². The van der Waals surface area contributed by atoms with E-state index in [1.165, 1.54) is 6.33 Å². The molecule has 7 heteroatoms. The molecule has 0 aliphatic carbocycles. The molecule has 0 unspecified atom stereocenters. The fourth-order valence-electron chi connectivity index (χ4n) is 2.12. The van der Waals surface area contributed by atoms with Gasteiger partial charge in [-0.3, -0.25) is 4.79 Å². The summed E-state index contributed by atoms with van der Waals surface area (Å²) in [6, 6.07) is 5.14. The van der Waals surface area contributed by atoms with Crippen molar-refractivity contribution in [3.8, 4) is 0 Å². The van der Waals surface area contributed by atoms with Crippen molar-refractivity contribution in [2.45, 2.75) is 19.5 Å². The number of aromatic nitrogens is 5. The monoisotopic (exact) mass is 270 g/mol. The Bertz CT molecular complexity index is 791. The van der Waals surface area contributed by atoms with Gasteiger partial charge in [0, 0.05) is 25.4 Å². The van der Waals surface area contributed by atoms with Crippen LogP contribution in [0.15, 0.2) is 41.8 Å². The summed E-state index contributed by atoms with van der Waals surface area (Å²) in [5.74, 6) is 0.382. The van der Waals surface area contributed by atoms with Gasteiger partial charge < -0.3 is 14.9 Å². The van der Waals surface area contributed by atoms with Crippen LogP contribution in [-0.2, 0) is 13.1 Å². The second-order valence-electron chi connectivity index (χ2n) is 4.45. The summed E-state index contributed by atoms with van der Waals surface area (Å²) in [6.07, 6.45) is 5.72. The number of pyridine rings is 1. The van der Waals surface area contributed by atoms with Crippen LogP contribution < -0.4 is 11.3 Å². The highest BCUT2D eigenvalue weighted by atomic mass is 16.1. The molecular formula is C13H14N6O. The van der Waals surface area contributed by atoms with E-state index in [1.54, 1.807) is 29.2 Å². The second-order valence-corrected chi connectivity index (χ2v) is 4.45. The number of rotatable bonds is 4. The topological polar surface area (TPSA) is 91.6 Å². The van der Waals surface area contributed by atoms with Crippen LogP contribution in [0, 0.1) is 0 Å². The van der Waals surface area contributed by atoms with Crippen LogP contribution in [0.5, 0.6) is 0 Å². The molecule has 0 saturated heterocycles. The summed E-state index contributed by atoms with van der Waals surface area (Å²) >= 11 is 0. The van der Waals surface area contributed by atoms with Crippen LogP contribution in [0.4, 0.5) is 5.82 Å². The normalized spacial score (nSPS) is 11.0. The summed E-state index contributed by atoms with van der Waals surface area (Å²) in [5.41, 5.74) is 7.08. The zero-order valence-electron chi connectivity index (χ0n) is 10.8. The molecule has 0 saturated carbocycles. The van der Waals surface area contributed by atoms with E-state index in [-0.39, 0.29) is 5.56 Å². The van der Waals surface area contributed by atoms with Gasteiger partial charge in [-0.15, -0.1) is 0 Å². The van der Waals surface area contributed by atoms with Gasteiger partial charge in [-0.1, -0.05) is 6.07 Å². The smallest absolute Gasteiger partial charge is 0.250 e. The van der Waals surface area contributed by atoms with E-state index >= 15 is 0 Å². The van der Waals surface area contributed by atoms with E-state index in [2.05, 4.69) is 15.0 Å². The third kappa shape index (κ3) is 2.25. The van der Waals surface area contributed by atoms with Gasteiger partial charge in [-0.2, -0.15) is 0 Å². The minimum absolute atomic E-state index is 0.00885. The lowest BCUT2D eigenvalue weighted by Crippen LogP contribution is -2.18. The van der Waals surface area contributed by atoms with Crippen LogP contribution in [0.3, 0.4) is 0 Å². The molecule has 0 radical (unpaired) electrons. The van der Waals surface area contributed by atoms with Crippen molar-refractivity contribution in [3.63, 3.8) is 0 Å². The van der Waals surface area contributed by atoms with Crippen LogP contribution in [0.2, 0.25) is 0 Å². The molecule has 0 spiro atoms. The Morgan fingerprint density at radius 1 is 1.10 bits per heavy atom. The molecule has 0 amide bonds. The molecule has 3 aromatic heterocycles. The second kappa shape index (κ2) is 5.12. The van der Waals surface area contributed by atoms with Crippen molar-refractivity contribution in [3.05, 3.63) is 47.4 Å². The molecule has 0 aliphatic rings. The molecule has 3 heterocycles. The highest BCUT2D eigenvalue weighted by Crippen LogP contribution is 2.14. The van der Waals surface area contributed by atoms with E-state index in [9.17, 15) is 4.79 Å². The SMILES string of the molecule is Nc1ncnc2c1ncn2CCCn1ccccc1=O. The van der Waals surface area contributed by atoms with Crippen molar-refractivity contribution in [2.24, 2.45) is 0 Å². The quantitative estimate of drug-likeness (QED) is 0.752. The molecule has 0 atom stereocenters. The Morgan fingerprint density at radius 2 is 1.95 bits per heavy atom. The fourth-order valence-corrected chi connectivity index (χ4v) is 2.12. The van der Waals surface area contributed by atoms with E-state index in [0.717, 1.165) is 12.1 Å². The number of fused-ring (bicyclic) bond motifs is 1. The highest BCUT2D eigenvalue weighted by Gasteiger charge is 2.07.